The molecule has 2 heteroatoms. The van der Waals surface area contributed by atoms with E-state index in [9.17, 15) is 0 Å². The van der Waals surface area contributed by atoms with Gasteiger partial charge in [0, 0.05) is 6.04 Å². The van der Waals surface area contributed by atoms with Crippen molar-refractivity contribution in [3.05, 3.63) is 29.3 Å². The number of ether oxygens (including phenoxy) is 1. The first-order valence-electron chi connectivity index (χ1n) is 6.75. The van der Waals surface area contributed by atoms with Crippen molar-refractivity contribution in [2.75, 3.05) is 7.05 Å². The lowest BCUT2D eigenvalue weighted by Crippen LogP contribution is -2.15. The zero-order valence-corrected chi connectivity index (χ0v) is 11.1. The first-order valence-corrected chi connectivity index (χ1v) is 6.75. The predicted molar refractivity (Wildman–Crippen MR) is 71.6 cm³/mol. The summed E-state index contributed by atoms with van der Waals surface area (Å²) in [5.41, 5.74) is 2.84. The highest BCUT2D eigenvalue weighted by Crippen LogP contribution is 2.37. The zero-order chi connectivity index (χ0) is 12.3. The van der Waals surface area contributed by atoms with Gasteiger partial charge in [0.15, 0.2) is 0 Å². The molecule has 1 aromatic carbocycles. The number of benzene rings is 1. The summed E-state index contributed by atoms with van der Waals surface area (Å²) in [4.78, 5) is 0. The van der Waals surface area contributed by atoms with E-state index in [0.29, 0.717) is 12.1 Å². The molecule has 0 fully saturated rings. The fraction of sp³-hybridized carbons (Fsp3) is 0.600. The molecule has 0 aliphatic heterocycles. The molecule has 0 heterocycles. The van der Waals surface area contributed by atoms with Gasteiger partial charge in [-0.05, 0) is 49.9 Å². The minimum absolute atomic E-state index is 0.357. The Kier molecular flexibility index (Phi) is 4.06. The molecule has 0 saturated carbocycles. The molecule has 0 radical (unpaired) electrons. The zero-order valence-electron chi connectivity index (χ0n) is 11.1. The molecule has 0 aromatic heterocycles. The summed E-state index contributed by atoms with van der Waals surface area (Å²) in [6, 6.07) is 6.97. The molecule has 94 valence electrons. The molecule has 1 aromatic rings. The minimum atomic E-state index is 0.357. The van der Waals surface area contributed by atoms with E-state index in [0.717, 1.165) is 25.0 Å². The fourth-order valence-electron chi connectivity index (χ4n) is 2.67. The third kappa shape index (κ3) is 2.47. The van der Waals surface area contributed by atoms with Crippen molar-refractivity contribution in [1.82, 2.24) is 5.32 Å². The summed E-state index contributed by atoms with van der Waals surface area (Å²) in [7, 11) is 2.04. The second-order valence-electron chi connectivity index (χ2n) is 4.76. The monoisotopic (exact) mass is 233 g/mol. The van der Waals surface area contributed by atoms with Gasteiger partial charge < -0.3 is 10.1 Å². The summed E-state index contributed by atoms with van der Waals surface area (Å²) < 4.78 is 6.12. The Bertz CT molecular complexity index is 371. The van der Waals surface area contributed by atoms with Crippen molar-refractivity contribution < 1.29 is 4.74 Å². The average molecular weight is 233 g/mol. The lowest BCUT2D eigenvalue weighted by Gasteiger charge is -2.18. The van der Waals surface area contributed by atoms with Crippen LogP contribution in [0.3, 0.4) is 0 Å². The summed E-state index contributed by atoms with van der Waals surface area (Å²) in [6.45, 7) is 4.38. The molecule has 0 amide bonds. The van der Waals surface area contributed by atoms with Crippen LogP contribution in [0.4, 0.5) is 0 Å². The van der Waals surface area contributed by atoms with Crippen molar-refractivity contribution in [3.8, 4) is 5.75 Å². The van der Waals surface area contributed by atoms with Crippen LogP contribution in [0.5, 0.6) is 5.75 Å². The summed E-state index contributed by atoms with van der Waals surface area (Å²) in [5, 5.41) is 3.37. The fourth-order valence-corrected chi connectivity index (χ4v) is 2.67. The van der Waals surface area contributed by atoms with Gasteiger partial charge in [-0.15, -0.1) is 0 Å². The van der Waals surface area contributed by atoms with Gasteiger partial charge in [-0.1, -0.05) is 26.0 Å². The molecule has 1 aliphatic rings. The van der Waals surface area contributed by atoms with Crippen LogP contribution >= 0.6 is 0 Å². The van der Waals surface area contributed by atoms with Crippen LogP contribution < -0.4 is 10.1 Å². The lowest BCUT2D eigenvalue weighted by molar-refractivity contribution is 0.191. The number of fused-ring (bicyclic) bond motifs is 1. The van der Waals surface area contributed by atoms with Gasteiger partial charge in [0.1, 0.15) is 5.75 Å². The maximum Gasteiger partial charge on any atom is 0.123 e. The van der Waals surface area contributed by atoms with E-state index in [1.54, 1.807) is 0 Å². The van der Waals surface area contributed by atoms with E-state index >= 15 is 0 Å². The van der Waals surface area contributed by atoms with Crippen molar-refractivity contribution >= 4 is 0 Å². The first-order chi connectivity index (χ1) is 8.30. The molecule has 2 rings (SSSR count). The van der Waals surface area contributed by atoms with Crippen molar-refractivity contribution in [3.63, 3.8) is 0 Å². The van der Waals surface area contributed by atoms with Gasteiger partial charge in [0.05, 0.1) is 6.10 Å². The number of nitrogens with one attached hydrogen (secondary N) is 1. The standard InChI is InChI=1S/C15H23NO/c1-4-11(5-2)17-15-8-6-7-12-13(15)9-10-14(12)16-3/h6-8,11,14,16H,4-5,9-10H2,1-3H3. The van der Waals surface area contributed by atoms with E-state index < -0.39 is 0 Å². The van der Waals surface area contributed by atoms with E-state index in [-0.39, 0.29) is 0 Å². The second kappa shape index (κ2) is 5.54. The average Bonchev–Trinajstić information content (AvgIpc) is 2.79. The molecular formula is C15H23NO. The lowest BCUT2D eigenvalue weighted by atomic mass is 10.1. The maximum atomic E-state index is 6.12. The van der Waals surface area contributed by atoms with Gasteiger partial charge in [0.2, 0.25) is 0 Å². The largest absolute Gasteiger partial charge is 0.490 e. The summed E-state index contributed by atoms with van der Waals surface area (Å²) >= 11 is 0. The second-order valence-corrected chi connectivity index (χ2v) is 4.76. The van der Waals surface area contributed by atoms with Crippen LogP contribution in [0.25, 0.3) is 0 Å². The molecule has 0 saturated heterocycles. The smallest absolute Gasteiger partial charge is 0.123 e. The van der Waals surface area contributed by atoms with Crippen LogP contribution in [0.15, 0.2) is 18.2 Å². The van der Waals surface area contributed by atoms with Crippen LogP contribution in [0.1, 0.15) is 50.3 Å². The van der Waals surface area contributed by atoms with E-state index in [4.69, 9.17) is 4.74 Å². The van der Waals surface area contributed by atoms with Gasteiger partial charge in [0.25, 0.3) is 0 Å². The number of rotatable bonds is 5. The van der Waals surface area contributed by atoms with Gasteiger partial charge in [-0.3, -0.25) is 0 Å². The SMILES string of the molecule is CCC(CC)Oc1cccc2c1CCC2NC. The topological polar surface area (TPSA) is 21.3 Å². The Morgan fingerprint density at radius 1 is 1.35 bits per heavy atom. The van der Waals surface area contributed by atoms with Crippen LogP contribution in [-0.4, -0.2) is 13.2 Å². The van der Waals surface area contributed by atoms with E-state index in [2.05, 4.69) is 37.4 Å². The highest BCUT2D eigenvalue weighted by Gasteiger charge is 2.24. The van der Waals surface area contributed by atoms with E-state index in [1.807, 2.05) is 7.05 Å². The molecule has 0 bridgehead atoms. The number of hydrogen-bond donors (Lipinski definition) is 1. The highest BCUT2D eigenvalue weighted by atomic mass is 16.5. The van der Waals surface area contributed by atoms with Crippen molar-refractivity contribution in [2.45, 2.75) is 51.7 Å². The normalized spacial score (nSPS) is 18.5. The van der Waals surface area contributed by atoms with Crippen molar-refractivity contribution in [1.29, 1.82) is 0 Å². The van der Waals surface area contributed by atoms with Gasteiger partial charge >= 0.3 is 0 Å². The van der Waals surface area contributed by atoms with Gasteiger partial charge in [-0.2, -0.15) is 0 Å². The molecular weight excluding hydrogens is 210 g/mol. The molecule has 1 unspecified atom stereocenters. The molecule has 1 N–H and O–H groups in total. The Labute approximate surface area is 104 Å². The molecule has 0 spiro atoms. The number of hydrogen-bond acceptors (Lipinski definition) is 2. The van der Waals surface area contributed by atoms with Gasteiger partial charge in [-0.25, -0.2) is 0 Å². The maximum absolute atomic E-state index is 6.12. The van der Waals surface area contributed by atoms with Crippen LogP contribution in [-0.2, 0) is 6.42 Å². The van der Waals surface area contributed by atoms with Crippen LogP contribution in [0, 0.1) is 0 Å². The molecule has 2 nitrogen and oxygen atoms in total. The Morgan fingerprint density at radius 2 is 2.12 bits per heavy atom. The Balaban J connectivity index is 2.22. The van der Waals surface area contributed by atoms with E-state index in [1.165, 1.54) is 17.5 Å². The molecule has 1 atom stereocenters. The summed E-state index contributed by atoms with van der Waals surface area (Å²) in [5.74, 6) is 1.11. The first kappa shape index (κ1) is 12.4. The highest BCUT2D eigenvalue weighted by molar-refractivity contribution is 5.45. The molecule has 17 heavy (non-hydrogen) atoms. The predicted octanol–water partition coefficient (Wildman–Crippen LogP) is 3.46. The quantitative estimate of drug-likeness (QED) is 0.841. The molecule has 1 aliphatic carbocycles. The Morgan fingerprint density at radius 3 is 2.76 bits per heavy atom. The Hall–Kier alpha value is -1.02. The summed E-state index contributed by atoms with van der Waals surface area (Å²) in [6.07, 6.45) is 4.84. The van der Waals surface area contributed by atoms with Crippen molar-refractivity contribution in [2.24, 2.45) is 0 Å². The third-order valence-corrected chi connectivity index (χ3v) is 3.78. The van der Waals surface area contributed by atoms with Crippen LogP contribution in [0.2, 0.25) is 0 Å². The minimum Gasteiger partial charge on any atom is -0.490 e. The third-order valence-electron chi connectivity index (χ3n) is 3.78.